The molecule has 1 aliphatic rings. The number of hydrogen-bond acceptors (Lipinski definition) is 3. The van der Waals surface area contributed by atoms with Gasteiger partial charge in [0.15, 0.2) is 0 Å². The highest BCUT2D eigenvalue weighted by Gasteiger charge is 2.24. The third-order valence-corrected chi connectivity index (χ3v) is 4.42. The smallest absolute Gasteiger partial charge is 0.143 e. The first-order valence-electron chi connectivity index (χ1n) is 6.65. The van der Waals surface area contributed by atoms with Crippen molar-refractivity contribution < 1.29 is 13.5 Å². The van der Waals surface area contributed by atoms with Gasteiger partial charge in [-0.05, 0) is 23.8 Å². The molecule has 1 aromatic heterocycles. The highest BCUT2D eigenvalue weighted by atomic mass is 35.5. The lowest BCUT2D eigenvalue weighted by atomic mass is 10.1. The molecular weight excluding hydrogens is 316 g/mol. The Labute approximate surface area is 132 Å². The lowest BCUT2D eigenvalue weighted by Crippen LogP contribution is -2.37. The van der Waals surface area contributed by atoms with Gasteiger partial charge in [-0.1, -0.05) is 29.3 Å². The predicted molar refractivity (Wildman–Crippen MR) is 79.1 cm³/mol. The van der Waals surface area contributed by atoms with E-state index in [0.29, 0.717) is 19.7 Å². The molecule has 0 unspecified atom stereocenters. The van der Waals surface area contributed by atoms with Gasteiger partial charge < -0.3 is 9.15 Å². The van der Waals surface area contributed by atoms with Crippen LogP contribution >= 0.6 is 23.2 Å². The third-order valence-electron chi connectivity index (χ3n) is 3.52. The average Bonchev–Trinajstić information content (AvgIpc) is 3.03. The van der Waals surface area contributed by atoms with Gasteiger partial charge >= 0.3 is 0 Å². The molecule has 0 saturated carbocycles. The molecule has 1 aliphatic heterocycles. The third kappa shape index (κ3) is 3.24. The van der Waals surface area contributed by atoms with Crippen molar-refractivity contribution in [2.45, 2.75) is 12.6 Å². The zero-order valence-electron chi connectivity index (χ0n) is 11.2. The van der Waals surface area contributed by atoms with E-state index in [1.165, 1.54) is 6.07 Å². The lowest BCUT2D eigenvalue weighted by Gasteiger charge is -2.32. The van der Waals surface area contributed by atoms with E-state index in [1.807, 2.05) is 12.1 Å². The standard InChI is InChI=1S/C15H14Cl2FNO2/c16-14-10(3-4-11(18)15(14)17)8-19-5-7-21-13(9-19)12-2-1-6-20-12/h1-4,6,13H,5,7-9H2/t13-/m1/s1. The van der Waals surface area contributed by atoms with Gasteiger partial charge in [0.25, 0.3) is 0 Å². The Kier molecular flexibility index (Phi) is 4.50. The Morgan fingerprint density at radius 2 is 2.10 bits per heavy atom. The summed E-state index contributed by atoms with van der Waals surface area (Å²) in [4.78, 5) is 2.19. The number of rotatable bonds is 3. The van der Waals surface area contributed by atoms with Crippen LogP contribution in [-0.4, -0.2) is 24.6 Å². The number of benzene rings is 1. The second-order valence-electron chi connectivity index (χ2n) is 4.94. The quantitative estimate of drug-likeness (QED) is 0.785. The molecule has 3 rings (SSSR count). The minimum Gasteiger partial charge on any atom is -0.467 e. The Morgan fingerprint density at radius 1 is 1.24 bits per heavy atom. The first-order valence-corrected chi connectivity index (χ1v) is 7.40. The highest BCUT2D eigenvalue weighted by molar-refractivity contribution is 6.42. The molecule has 2 aromatic rings. The molecule has 112 valence electrons. The van der Waals surface area contributed by atoms with Gasteiger partial charge in [-0.25, -0.2) is 4.39 Å². The molecule has 21 heavy (non-hydrogen) atoms. The number of nitrogens with zero attached hydrogens (tertiary/aromatic N) is 1. The second-order valence-corrected chi connectivity index (χ2v) is 5.70. The molecule has 0 aliphatic carbocycles. The van der Waals surface area contributed by atoms with Crippen molar-refractivity contribution in [3.63, 3.8) is 0 Å². The number of halogens is 3. The van der Waals surface area contributed by atoms with Crippen LogP contribution in [0.3, 0.4) is 0 Å². The summed E-state index contributed by atoms with van der Waals surface area (Å²) in [5.74, 6) is 0.309. The normalized spacial score (nSPS) is 19.9. The molecular formula is C15H14Cl2FNO2. The fraction of sp³-hybridized carbons (Fsp3) is 0.333. The zero-order valence-corrected chi connectivity index (χ0v) is 12.7. The van der Waals surface area contributed by atoms with Crippen LogP contribution < -0.4 is 0 Å². The Balaban J connectivity index is 1.72. The molecule has 6 heteroatoms. The Hall–Kier alpha value is -1.07. The molecule has 1 saturated heterocycles. The van der Waals surface area contributed by atoms with Gasteiger partial charge in [0.1, 0.15) is 17.7 Å². The van der Waals surface area contributed by atoms with Crippen LogP contribution in [0.4, 0.5) is 4.39 Å². The summed E-state index contributed by atoms with van der Waals surface area (Å²) in [6.07, 6.45) is 1.54. The van der Waals surface area contributed by atoms with Crippen molar-refractivity contribution in [3.8, 4) is 0 Å². The predicted octanol–water partition coefficient (Wildman–Crippen LogP) is 4.30. The Morgan fingerprint density at radius 3 is 2.86 bits per heavy atom. The van der Waals surface area contributed by atoms with Crippen LogP contribution in [0.15, 0.2) is 34.9 Å². The largest absolute Gasteiger partial charge is 0.467 e. The number of morpholine rings is 1. The fourth-order valence-corrected chi connectivity index (χ4v) is 2.82. The van der Waals surface area contributed by atoms with Gasteiger partial charge in [0.05, 0.1) is 22.9 Å². The van der Waals surface area contributed by atoms with Crippen molar-refractivity contribution in [3.05, 3.63) is 57.7 Å². The van der Waals surface area contributed by atoms with Crippen LogP contribution in [0, 0.1) is 5.82 Å². The van der Waals surface area contributed by atoms with Crippen molar-refractivity contribution in [1.29, 1.82) is 0 Å². The summed E-state index contributed by atoms with van der Waals surface area (Å²) >= 11 is 12.0. The van der Waals surface area contributed by atoms with Crippen molar-refractivity contribution in [2.24, 2.45) is 0 Å². The summed E-state index contributed by atoms with van der Waals surface area (Å²) in [5.41, 5.74) is 0.808. The molecule has 0 N–H and O–H groups in total. The lowest BCUT2D eigenvalue weighted by molar-refractivity contribution is -0.0427. The van der Waals surface area contributed by atoms with E-state index in [0.717, 1.165) is 17.9 Å². The van der Waals surface area contributed by atoms with E-state index in [-0.39, 0.29) is 16.1 Å². The molecule has 2 heterocycles. The van der Waals surface area contributed by atoms with Gasteiger partial charge in [-0.15, -0.1) is 0 Å². The van der Waals surface area contributed by atoms with Gasteiger partial charge in [-0.2, -0.15) is 0 Å². The topological polar surface area (TPSA) is 25.6 Å². The molecule has 0 spiro atoms. The molecule has 3 nitrogen and oxygen atoms in total. The van der Waals surface area contributed by atoms with Crippen LogP contribution in [0.1, 0.15) is 17.4 Å². The summed E-state index contributed by atoms with van der Waals surface area (Å²) in [6.45, 7) is 2.68. The molecule has 0 radical (unpaired) electrons. The van der Waals surface area contributed by atoms with E-state index < -0.39 is 5.82 Å². The SMILES string of the molecule is Fc1ccc(CN2CCO[C@@H](c3ccco3)C2)c(Cl)c1Cl. The van der Waals surface area contributed by atoms with Crippen molar-refractivity contribution in [1.82, 2.24) is 4.90 Å². The monoisotopic (exact) mass is 329 g/mol. The number of ether oxygens (including phenoxy) is 1. The first kappa shape index (κ1) is 14.9. The van der Waals surface area contributed by atoms with Crippen molar-refractivity contribution >= 4 is 23.2 Å². The summed E-state index contributed by atoms with van der Waals surface area (Å²) in [7, 11) is 0. The minimum absolute atomic E-state index is 0.0231. The van der Waals surface area contributed by atoms with E-state index >= 15 is 0 Å². The van der Waals surface area contributed by atoms with Crippen LogP contribution in [0.5, 0.6) is 0 Å². The average molecular weight is 330 g/mol. The summed E-state index contributed by atoms with van der Waals surface area (Å²) < 4.78 is 24.4. The molecule has 1 fully saturated rings. The van der Waals surface area contributed by atoms with Crippen LogP contribution in [0.25, 0.3) is 0 Å². The van der Waals surface area contributed by atoms with E-state index in [1.54, 1.807) is 12.3 Å². The summed E-state index contributed by atoms with van der Waals surface area (Å²) in [5, 5.41) is 0.253. The number of furan rings is 1. The molecule has 0 bridgehead atoms. The van der Waals surface area contributed by atoms with Gasteiger partial charge in [-0.3, -0.25) is 4.90 Å². The van der Waals surface area contributed by atoms with E-state index in [9.17, 15) is 4.39 Å². The van der Waals surface area contributed by atoms with E-state index in [2.05, 4.69) is 4.90 Å². The molecule has 1 atom stereocenters. The molecule has 1 aromatic carbocycles. The number of hydrogen-bond donors (Lipinski definition) is 0. The second kappa shape index (κ2) is 6.36. The Bertz CT molecular complexity index is 618. The van der Waals surface area contributed by atoms with Gasteiger partial charge in [0.2, 0.25) is 0 Å². The van der Waals surface area contributed by atoms with Crippen molar-refractivity contribution in [2.75, 3.05) is 19.7 Å². The summed E-state index contributed by atoms with van der Waals surface area (Å²) in [6, 6.07) is 6.75. The maximum Gasteiger partial charge on any atom is 0.143 e. The molecule has 0 amide bonds. The maximum absolute atomic E-state index is 13.3. The first-order chi connectivity index (χ1) is 10.1. The highest BCUT2D eigenvalue weighted by Crippen LogP contribution is 2.30. The van der Waals surface area contributed by atoms with E-state index in [4.69, 9.17) is 32.4 Å². The zero-order chi connectivity index (χ0) is 14.8. The van der Waals surface area contributed by atoms with Gasteiger partial charge in [0, 0.05) is 19.6 Å². The maximum atomic E-state index is 13.3. The van der Waals surface area contributed by atoms with Crippen LogP contribution in [-0.2, 0) is 11.3 Å². The minimum atomic E-state index is -0.499. The fourth-order valence-electron chi connectivity index (χ4n) is 2.42. The van der Waals surface area contributed by atoms with Crippen LogP contribution in [0.2, 0.25) is 10.0 Å².